The van der Waals surface area contributed by atoms with Gasteiger partial charge in [-0.1, -0.05) is 0 Å². The van der Waals surface area contributed by atoms with Crippen LogP contribution < -0.4 is 9.62 Å². The summed E-state index contributed by atoms with van der Waals surface area (Å²) in [6, 6.07) is 6.48. The molecule has 0 radical (unpaired) electrons. The number of benzene rings is 1. The number of amides is 1. The van der Waals surface area contributed by atoms with Crippen molar-refractivity contribution in [3.05, 3.63) is 24.3 Å². The maximum atomic E-state index is 12.2. The van der Waals surface area contributed by atoms with Crippen LogP contribution in [0.4, 0.5) is 5.69 Å². The molecule has 1 fully saturated rings. The first-order valence-electron chi connectivity index (χ1n) is 7.13. The molecule has 0 atom stereocenters. The molecule has 1 aliphatic heterocycles. The van der Waals surface area contributed by atoms with E-state index in [0.717, 1.165) is 18.5 Å². The third-order valence-electron chi connectivity index (χ3n) is 3.22. The van der Waals surface area contributed by atoms with Gasteiger partial charge in [0.05, 0.1) is 4.90 Å². The molecular weight excluding hydrogens is 288 g/mol. The second-order valence-corrected chi connectivity index (χ2v) is 8.03. The third kappa shape index (κ3) is 4.04. The zero-order valence-electron chi connectivity index (χ0n) is 12.7. The van der Waals surface area contributed by atoms with E-state index in [2.05, 4.69) is 4.72 Å². The minimum Gasteiger partial charge on any atom is -0.312 e. The lowest BCUT2D eigenvalue weighted by Crippen LogP contribution is -2.40. The molecule has 1 heterocycles. The first-order chi connectivity index (χ1) is 9.69. The summed E-state index contributed by atoms with van der Waals surface area (Å²) in [5.41, 5.74) is 0.231. The number of hydrogen-bond donors (Lipinski definition) is 1. The zero-order valence-corrected chi connectivity index (χ0v) is 13.5. The topological polar surface area (TPSA) is 66.5 Å². The van der Waals surface area contributed by atoms with Crippen molar-refractivity contribution in [1.82, 2.24) is 4.72 Å². The summed E-state index contributed by atoms with van der Waals surface area (Å²) in [5.74, 6) is 0.102. The van der Waals surface area contributed by atoms with Crippen molar-refractivity contribution in [2.75, 3.05) is 11.4 Å². The SMILES string of the molecule is CC(C)(C)NS(=O)(=O)c1ccc(N2CCCCC2=O)cc1. The van der Waals surface area contributed by atoms with Crippen LogP contribution in [0, 0.1) is 0 Å². The van der Waals surface area contributed by atoms with Crippen LogP contribution in [0.5, 0.6) is 0 Å². The van der Waals surface area contributed by atoms with Crippen LogP contribution in [0.25, 0.3) is 0 Å². The first kappa shape index (κ1) is 16.0. The van der Waals surface area contributed by atoms with Crippen molar-refractivity contribution in [3.63, 3.8) is 0 Å². The number of nitrogens with zero attached hydrogens (tertiary/aromatic N) is 1. The first-order valence-corrected chi connectivity index (χ1v) is 8.62. The molecular formula is C15H22N2O3S. The Kier molecular flexibility index (Phi) is 4.39. The standard InChI is InChI=1S/C15H22N2O3S/c1-15(2,3)16-21(19,20)13-9-7-12(8-10-13)17-11-5-4-6-14(17)18/h7-10,16H,4-6,11H2,1-3H3. The zero-order chi connectivity index (χ0) is 15.7. The molecule has 0 aliphatic carbocycles. The summed E-state index contributed by atoms with van der Waals surface area (Å²) in [4.78, 5) is 13.8. The molecule has 0 aromatic heterocycles. The van der Waals surface area contributed by atoms with Crippen LogP contribution in [-0.4, -0.2) is 26.4 Å². The number of carbonyl (C=O) groups excluding carboxylic acids is 1. The van der Waals surface area contributed by atoms with Gasteiger partial charge in [0.1, 0.15) is 0 Å². The summed E-state index contributed by atoms with van der Waals surface area (Å²) in [6.07, 6.45) is 2.47. The molecule has 6 heteroatoms. The van der Waals surface area contributed by atoms with Crippen LogP contribution in [0.2, 0.25) is 0 Å². The summed E-state index contributed by atoms with van der Waals surface area (Å²) < 4.78 is 27.0. The van der Waals surface area contributed by atoms with Gasteiger partial charge in [-0.05, 0) is 57.9 Å². The smallest absolute Gasteiger partial charge is 0.241 e. The Bertz CT molecular complexity index is 615. The van der Waals surface area contributed by atoms with Crippen LogP contribution in [0.1, 0.15) is 40.0 Å². The minimum atomic E-state index is -3.53. The van der Waals surface area contributed by atoms with Gasteiger partial charge in [0.2, 0.25) is 15.9 Å². The van der Waals surface area contributed by atoms with Gasteiger partial charge in [0, 0.05) is 24.2 Å². The quantitative estimate of drug-likeness (QED) is 0.931. The van der Waals surface area contributed by atoms with Crippen LogP contribution >= 0.6 is 0 Å². The Morgan fingerprint density at radius 1 is 1.10 bits per heavy atom. The lowest BCUT2D eigenvalue weighted by atomic mass is 10.1. The van der Waals surface area contributed by atoms with Crippen molar-refractivity contribution >= 4 is 21.6 Å². The number of anilines is 1. The fourth-order valence-electron chi connectivity index (χ4n) is 2.35. The lowest BCUT2D eigenvalue weighted by molar-refractivity contribution is -0.119. The predicted molar refractivity (Wildman–Crippen MR) is 82.7 cm³/mol. The highest BCUT2D eigenvalue weighted by atomic mass is 32.2. The normalized spacial score (nSPS) is 17.1. The lowest BCUT2D eigenvalue weighted by Gasteiger charge is -2.27. The number of carbonyl (C=O) groups is 1. The van der Waals surface area contributed by atoms with E-state index in [0.29, 0.717) is 13.0 Å². The molecule has 1 aliphatic rings. The van der Waals surface area contributed by atoms with Gasteiger partial charge in [-0.2, -0.15) is 0 Å². The highest BCUT2D eigenvalue weighted by Gasteiger charge is 2.23. The number of nitrogens with one attached hydrogen (secondary N) is 1. The highest BCUT2D eigenvalue weighted by molar-refractivity contribution is 7.89. The molecule has 116 valence electrons. The Morgan fingerprint density at radius 3 is 2.24 bits per heavy atom. The maximum absolute atomic E-state index is 12.2. The summed E-state index contributed by atoms with van der Waals surface area (Å²) >= 11 is 0. The van der Waals surface area contributed by atoms with Gasteiger partial charge in [0.15, 0.2) is 0 Å². The molecule has 1 N–H and O–H groups in total. The average Bonchev–Trinajstić information content (AvgIpc) is 2.37. The van der Waals surface area contributed by atoms with E-state index in [-0.39, 0.29) is 10.8 Å². The minimum absolute atomic E-state index is 0.102. The van der Waals surface area contributed by atoms with Crippen molar-refractivity contribution in [2.45, 2.75) is 50.5 Å². The van der Waals surface area contributed by atoms with E-state index in [4.69, 9.17) is 0 Å². The largest absolute Gasteiger partial charge is 0.312 e. The number of rotatable bonds is 3. The van der Waals surface area contributed by atoms with Crippen molar-refractivity contribution < 1.29 is 13.2 Å². The fourth-order valence-corrected chi connectivity index (χ4v) is 3.76. The Morgan fingerprint density at radius 2 is 1.71 bits per heavy atom. The molecule has 1 amide bonds. The van der Waals surface area contributed by atoms with Gasteiger partial charge < -0.3 is 4.90 Å². The van der Waals surface area contributed by atoms with E-state index < -0.39 is 15.6 Å². The molecule has 0 bridgehead atoms. The second-order valence-electron chi connectivity index (χ2n) is 6.35. The maximum Gasteiger partial charge on any atom is 0.241 e. The van der Waals surface area contributed by atoms with E-state index in [9.17, 15) is 13.2 Å². The Labute approximate surface area is 126 Å². The number of sulfonamides is 1. The molecule has 0 saturated carbocycles. The van der Waals surface area contributed by atoms with Crippen LogP contribution in [-0.2, 0) is 14.8 Å². The molecule has 1 aromatic rings. The number of hydrogen-bond acceptors (Lipinski definition) is 3. The molecule has 0 spiro atoms. The molecule has 1 aromatic carbocycles. The third-order valence-corrected chi connectivity index (χ3v) is 5.00. The van der Waals surface area contributed by atoms with Gasteiger partial charge in [-0.3, -0.25) is 4.79 Å². The fraction of sp³-hybridized carbons (Fsp3) is 0.533. The number of piperidine rings is 1. The average molecular weight is 310 g/mol. The summed E-state index contributed by atoms with van der Waals surface area (Å²) in [7, 11) is -3.53. The monoisotopic (exact) mass is 310 g/mol. The second kappa shape index (κ2) is 5.77. The van der Waals surface area contributed by atoms with E-state index in [1.807, 2.05) is 0 Å². The Hall–Kier alpha value is -1.40. The summed E-state index contributed by atoms with van der Waals surface area (Å²) in [5, 5.41) is 0. The van der Waals surface area contributed by atoms with Crippen LogP contribution in [0.15, 0.2) is 29.2 Å². The van der Waals surface area contributed by atoms with Crippen molar-refractivity contribution in [3.8, 4) is 0 Å². The van der Waals surface area contributed by atoms with Crippen molar-refractivity contribution in [1.29, 1.82) is 0 Å². The molecule has 1 saturated heterocycles. The highest BCUT2D eigenvalue weighted by Crippen LogP contribution is 2.23. The van der Waals surface area contributed by atoms with Gasteiger partial charge >= 0.3 is 0 Å². The molecule has 2 rings (SSSR count). The van der Waals surface area contributed by atoms with E-state index >= 15 is 0 Å². The molecule has 5 nitrogen and oxygen atoms in total. The predicted octanol–water partition coefficient (Wildman–Crippen LogP) is 2.28. The van der Waals surface area contributed by atoms with E-state index in [1.165, 1.54) is 0 Å². The van der Waals surface area contributed by atoms with Crippen molar-refractivity contribution in [2.24, 2.45) is 0 Å². The molecule has 0 unspecified atom stereocenters. The van der Waals surface area contributed by atoms with Gasteiger partial charge in [-0.15, -0.1) is 0 Å². The van der Waals surface area contributed by atoms with Gasteiger partial charge in [-0.25, -0.2) is 13.1 Å². The van der Waals surface area contributed by atoms with E-state index in [1.54, 1.807) is 49.9 Å². The Balaban J connectivity index is 2.21. The molecule has 21 heavy (non-hydrogen) atoms. The van der Waals surface area contributed by atoms with Gasteiger partial charge in [0.25, 0.3) is 0 Å². The summed E-state index contributed by atoms with van der Waals surface area (Å²) in [6.45, 7) is 6.09. The van der Waals surface area contributed by atoms with Crippen LogP contribution in [0.3, 0.4) is 0 Å².